The minimum atomic E-state index is -0.340. The molecule has 0 fully saturated rings. The minimum absolute atomic E-state index is 0.280. The fourth-order valence-corrected chi connectivity index (χ4v) is 0.776. The number of hydrogen-bond donors (Lipinski definition) is 2. The van der Waals surface area contributed by atoms with Gasteiger partial charge in [0.15, 0.2) is 0 Å². The summed E-state index contributed by atoms with van der Waals surface area (Å²) in [5, 5.41) is 5.05. The van der Waals surface area contributed by atoms with Gasteiger partial charge in [0.2, 0.25) is 5.95 Å². The van der Waals surface area contributed by atoms with Gasteiger partial charge in [-0.15, -0.1) is 0 Å². The zero-order chi connectivity index (χ0) is 10.2. The van der Waals surface area contributed by atoms with E-state index in [4.69, 9.17) is 4.74 Å². The van der Waals surface area contributed by atoms with E-state index in [0.29, 0.717) is 13.2 Å². The van der Waals surface area contributed by atoms with E-state index in [2.05, 4.69) is 20.6 Å². The molecule has 0 atom stereocenters. The monoisotopic (exact) mass is 196 g/mol. The molecule has 0 aromatic carbocycles. The number of amides is 2. The Bertz CT molecular complexity index is 278. The lowest BCUT2D eigenvalue weighted by Gasteiger charge is -2.04. The van der Waals surface area contributed by atoms with Gasteiger partial charge >= 0.3 is 6.03 Å². The fourth-order valence-electron chi connectivity index (χ4n) is 0.776. The number of urea groups is 1. The average molecular weight is 196 g/mol. The van der Waals surface area contributed by atoms with Crippen LogP contribution in [0.5, 0.6) is 0 Å². The van der Waals surface area contributed by atoms with Gasteiger partial charge in [-0.05, 0) is 6.07 Å². The van der Waals surface area contributed by atoms with E-state index >= 15 is 0 Å². The van der Waals surface area contributed by atoms with E-state index in [-0.39, 0.29) is 12.0 Å². The molecule has 2 amide bonds. The summed E-state index contributed by atoms with van der Waals surface area (Å²) in [7, 11) is 1.57. The molecule has 76 valence electrons. The number of methoxy groups -OCH3 is 1. The number of carbonyl (C=O) groups excluding carboxylic acids is 1. The second-order valence-electron chi connectivity index (χ2n) is 2.45. The topological polar surface area (TPSA) is 76.1 Å². The highest BCUT2D eigenvalue weighted by atomic mass is 16.5. The van der Waals surface area contributed by atoms with E-state index in [1.165, 1.54) is 0 Å². The third kappa shape index (κ3) is 3.81. The Morgan fingerprint density at radius 1 is 1.50 bits per heavy atom. The van der Waals surface area contributed by atoms with E-state index < -0.39 is 0 Å². The van der Waals surface area contributed by atoms with Crippen LogP contribution in [0.4, 0.5) is 10.7 Å². The highest BCUT2D eigenvalue weighted by molar-refractivity contribution is 5.87. The zero-order valence-electron chi connectivity index (χ0n) is 7.86. The highest BCUT2D eigenvalue weighted by Crippen LogP contribution is 1.92. The predicted octanol–water partition coefficient (Wildman–Crippen LogP) is 0.244. The minimum Gasteiger partial charge on any atom is -0.383 e. The summed E-state index contributed by atoms with van der Waals surface area (Å²) in [6.45, 7) is 0.929. The van der Waals surface area contributed by atoms with Gasteiger partial charge in [-0.1, -0.05) is 0 Å². The van der Waals surface area contributed by atoms with Crippen molar-refractivity contribution in [1.82, 2.24) is 15.3 Å². The number of rotatable bonds is 4. The van der Waals surface area contributed by atoms with Gasteiger partial charge in [-0.3, -0.25) is 5.32 Å². The number of nitrogens with zero attached hydrogens (tertiary/aromatic N) is 2. The normalized spacial score (nSPS) is 9.50. The van der Waals surface area contributed by atoms with Gasteiger partial charge < -0.3 is 10.1 Å². The maximum atomic E-state index is 11.1. The quantitative estimate of drug-likeness (QED) is 0.676. The lowest BCUT2D eigenvalue weighted by Crippen LogP contribution is -2.31. The van der Waals surface area contributed by atoms with Crippen molar-refractivity contribution in [1.29, 1.82) is 0 Å². The van der Waals surface area contributed by atoms with Crippen LogP contribution >= 0.6 is 0 Å². The Morgan fingerprint density at radius 3 is 2.86 bits per heavy atom. The molecular weight excluding hydrogens is 184 g/mol. The molecule has 14 heavy (non-hydrogen) atoms. The molecule has 0 saturated heterocycles. The maximum absolute atomic E-state index is 11.1. The summed E-state index contributed by atoms with van der Waals surface area (Å²) in [6.07, 6.45) is 3.11. The van der Waals surface area contributed by atoms with Crippen LogP contribution in [0.25, 0.3) is 0 Å². The third-order valence-electron chi connectivity index (χ3n) is 1.38. The molecule has 1 heterocycles. The molecule has 0 aliphatic heterocycles. The zero-order valence-corrected chi connectivity index (χ0v) is 7.86. The third-order valence-corrected chi connectivity index (χ3v) is 1.38. The molecule has 0 radical (unpaired) electrons. The number of aromatic nitrogens is 2. The van der Waals surface area contributed by atoms with Gasteiger partial charge in [-0.25, -0.2) is 14.8 Å². The van der Waals surface area contributed by atoms with Crippen LogP contribution in [0.2, 0.25) is 0 Å². The van der Waals surface area contributed by atoms with Crippen LogP contribution in [0, 0.1) is 0 Å². The van der Waals surface area contributed by atoms with Gasteiger partial charge in [0.25, 0.3) is 0 Å². The fraction of sp³-hybridized carbons (Fsp3) is 0.375. The summed E-state index contributed by atoms with van der Waals surface area (Å²) < 4.78 is 4.77. The predicted molar refractivity (Wildman–Crippen MR) is 50.9 cm³/mol. The number of anilines is 1. The Hall–Kier alpha value is -1.69. The molecule has 6 nitrogen and oxygen atoms in total. The van der Waals surface area contributed by atoms with Gasteiger partial charge in [0.1, 0.15) is 0 Å². The molecule has 1 aromatic rings. The van der Waals surface area contributed by atoms with Crippen LogP contribution in [-0.4, -0.2) is 36.3 Å². The molecule has 0 spiro atoms. The average Bonchev–Trinajstić information content (AvgIpc) is 2.20. The highest BCUT2D eigenvalue weighted by Gasteiger charge is 2.00. The summed E-state index contributed by atoms with van der Waals surface area (Å²) in [5.74, 6) is 0.280. The largest absolute Gasteiger partial charge is 0.383 e. The van der Waals surface area contributed by atoms with E-state index in [0.717, 1.165) is 0 Å². The first-order valence-electron chi connectivity index (χ1n) is 4.13. The standard InChI is InChI=1S/C8H12N4O2/c1-14-6-5-11-8(13)12-7-9-3-2-4-10-7/h2-4H,5-6H2,1H3,(H2,9,10,11,12,13). The first-order valence-corrected chi connectivity index (χ1v) is 4.13. The number of hydrogen-bond acceptors (Lipinski definition) is 4. The van der Waals surface area contributed by atoms with E-state index in [1.54, 1.807) is 25.6 Å². The van der Waals surface area contributed by atoms with Crippen LogP contribution in [0.3, 0.4) is 0 Å². The lowest BCUT2D eigenvalue weighted by atomic mass is 10.6. The Labute approximate surface area is 81.7 Å². The molecule has 0 aliphatic carbocycles. The summed E-state index contributed by atoms with van der Waals surface area (Å²) in [5.41, 5.74) is 0. The van der Waals surface area contributed by atoms with Crippen molar-refractivity contribution in [3.8, 4) is 0 Å². The molecule has 0 unspecified atom stereocenters. The first-order chi connectivity index (χ1) is 6.83. The number of ether oxygens (including phenoxy) is 1. The van der Waals surface area contributed by atoms with E-state index in [9.17, 15) is 4.79 Å². The Morgan fingerprint density at radius 2 is 2.21 bits per heavy atom. The molecule has 2 N–H and O–H groups in total. The lowest BCUT2D eigenvalue weighted by molar-refractivity contribution is 0.198. The molecule has 0 saturated carbocycles. The Balaban J connectivity index is 2.27. The number of carbonyl (C=O) groups is 1. The molecule has 0 bridgehead atoms. The number of nitrogens with one attached hydrogen (secondary N) is 2. The Kier molecular flexibility index (Phi) is 4.36. The van der Waals surface area contributed by atoms with Crippen LogP contribution in [0.1, 0.15) is 0 Å². The van der Waals surface area contributed by atoms with E-state index in [1.807, 2.05) is 0 Å². The van der Waals surface area contributed by atoms with Gasteiger partial charge in [0, 0.05) is 26.0 Å². The second-order valence-corrected chi connectivity index (χ2v) is 2.45. The molecule has 0 aliphatic rings. The molecule has 6 heteroatoms. The van der Waals surface area contributed by atoms with Gasteiger partial charge in [0.05, 0.1) is 6.61 Å². The van der Waals surface area contributed by atoms with Crippen LogP contribution in [-0.2, 0) is 4.74 Å². The first kappa shape index (κ1) is 10.4. The molecular formula is C8H12N4O2. The smallest absolute Gasteiger partial charge is 0.321 e. The van der Waals surface area contributed by atoms with Crippen LogP contribution < -0.4 is 10.6 Å². The van der Waals surface area contributed by atoms with Crippen molar-refractivity contribution in [2.75, 3.05) is 25.6 Å². The van der Waals surface area contributed by atoms with Gasteiger partial charge in [-0.2, -0.15) is 0 Å². The maximum Gasteiger partial charge on any atom is 0.321 e. The van der Waals surface area contributed by atoms with Crippen molar-refractivity contribution in [3.05, 3.63) is 18.5 Å². The van der Waals surface area contributed by atoms with Crippen molar-refractivity contribution in [3.63, 3.8) is 0 Å². The van der Waals surface area contributed by atoms with Crippen molar-refractivity contribution in [2.24, 2.45) is 0 Å². The molecule has 1 aromatic heterocycles. The van der Waals surface area contributed by atoms with Crippen molar-refractivity contribution >= 4 is 12.0 Å². The van der Waals surface area contributed by atoms with Crippen LogP contribution in [0.15, 0.2) is 18.5 Å². The van der Waals surface area contributed by atoms with Crippen molar-refractivity contribution < 1.29 is 9.53 Å². The summed E-state index contributed by atoms with van der Waals surface area (Å²) in [6, 6.07) is 1.34. The summed E-state index contributed by atoms with van der Waals surface area (Å²) in [4.78, 5) is 18.8. The summed E-state index contributed by atoms with van der Waals surface area (Å²) >= 11 is 0. The SMILES string of the molecule is COCCNC(=O)Nc1ncccn1. The van der Waals surface area contributed by atoms with Crippen molar-refractivity contribution in [2.45, 2.75) is 0 Å². The second kappa shape index (κ2) is 5.87. The molecule has 1 rings (SSSR count).